The summed E-state index contributed by atoms with van der Waals surface area (Å²) in [6.45, 7) is 26.0. The minimum Gasteiger partial charge on any atom is -0.467 e. The van der Waals surface area contributed by atoms with Crippen LogP contribution >= 0.6 is 0 Å². The minimum absolute atomic E-state index is 0.0888. The van der Waals surface area contributed by atoms with Crippen molar-refractivity contribution in [3.05, 3.63) is 48.0 Å². The lowest BCUT2D eigenvalue weighted by molar-refractivity contribution is 0.0190. The van der Waals surface area contributed by atoms with Crippen LogP contribution in [0, 0.1) is 0 Å². The third kappa shape index (κ3) is 12.6. The van der Waals surface area contributed by atoms with Crippen LogP contribution in [0.5, 0.6) is 0 Å². The molecule has 0 fully saturated rings. The summed E-state index contributed by atoms with van der Waals surface area (Å²) in [6.07, 6.45) is 18.9. The molecular formula is C37H67NO3Si2. The first-order valence-corrected chi connectivity index (χ1v) is 23.2. The smallest absolute Gasteiger partial charge is 0.217 e. The SMILES string of the molecule is CCCCCCCCCCCCC=C[C@@H]1OC(c2ccccc2)=N[C@@H](CO[Si](C)(C)C(C)(C)C)[C@H]1O[Si](C)(C)C(C)(C)C. The number of hydrogen-bond donors (Lipinski definition) is 0. The lowest BCUT2D eigenvalue weighted by atomic mass is 10.0. The highest BCUT2D eigenvalue weighted by molar-refractivity contribution is 6.74. The fourth-order valence-corrected chi connectivity index (χ4v) is 7.17. The molecule has 0 bridgehead atoms. The standard InChI is InChI=1S/C37H67NO3Si2/c1-12-13-14-15-16-17-18-19-20-21-22-26-29-33-34(41-43(10,11)37(5,6)7)32(30-39-42(8,9)36(2,3)4)38-35(40-33)31-27-24-23-25-28-31/h23-29,32-34H,12-22,30H2,1-11H3/t32-,33-,34+/m0/s1. The average molecular weight is 630 g/mol. The predicted molar refractivity (Wildman–Crippen MR) is 192 cm³/mol. The Hall–Kier alpha value is -1.22. The summed E-state index contributed by atoms with van der Waals surface area (Å²) in [5, 5.41) is 0.222. The first-order valence-electron chi connectivity index (χ1n) is 17.4. The highest BCUT2D eigenvalue weighted by atomic mass is 28.4. The van der Waals surface area contributed by atoms with Crippen LogP contribution in [0.2, 0.25) is 36.3 Å². The van der Waals surface area contributed by atoms with E-state index >= 15 is 0 Å². The largest absolute Gasteiger partial charge is 0.467 e. The molecule has 0 spiro atoms. The van der Waals surface area contributed by atoms with Crippen LogP contribution in [0.15, 0.2) is 47.5 Å². The van der Waals surface area contributed by atoms with E-state index in [1.54, 1.807) is 0 Å². The molecular weight excluding hydrogens is 563 g/mol. The normalized spacial score (nSPS) is 20.3. The summed E-state index contributed by atoms with van der Waals surface area (Å²) < 4.78 is 20.6. The lowest BCUT2D eigenvalue weighted by Gasteiger charge is -2.45. The summed E-state index contributed by atoms with van der Waals surface area (Å²) >= 11 is 0. The van der Waals surface area contributed by atoms with Gasteiger partial charge in [-0.3, -0.25) is 0 Å². The number of ether oxygens (including phenoxy) is 1. The quantitative estimate of drug-likeness (QED) is 0.0921. The molecule has 43 heavy (non-hydrogen) atoms. The van der Waals surface area contributed by atoms with Gasteiger partial charge in [0.25, 0.3) is 0 Å². The van der Waals surface area contributed by atoms with Crippen molar-refractivity contribution in [2.45, 2.75) is 174 Å². The van der Waals surface area contributed by atoms with Gasteiger partial charge < -0.3 is 13.6 Å². The summed E-state index contributed by atoms with van der Waals surface area (Å²) in [6, 6.07) is 10.2. The third-order valence-corrected chi connectivity index (χ3v) is 18.9. The van der Waals surface area contributed by atoms with Crippen LogP contribution in [0.4, 0.5) is 0 Å². The van der Waals surface area contributed by atoms with Crippen molar-refractivity contribution in [2.75, 3.05) is 6.61 Å². The molecule has 0 radical (unpaired) electrons. The van der Waals surface area contributed by atoms with Crippen molar-refractivity contribution < 1.29 is 13.6 Å². The van der Waals surface area contributed by atoms with E-state index in [0.29, 0.717) is 12.5 Å². The van der Waals surface area contributed by atoms with Crippen molar-refractivity contribution >= 4 is 22.5 Å². The molecule has 1 aliphatic heterocycles. The molecule has 0 saturated carbocycles. The minimum atomic E-state index is -2.10. The zero-order valence-corrected chi connectivity index (χ0v) is 31.9. The van der Waals surface area contributed by atoms with E-state index in [9.17, 15) is 0 Å². The van der Waals surface area contributed by atoms with Crippen LogP contribution in [0.25, 0.3) is 0 Å². The van der Waals surface area contributed by atoms with Gasteiger partial charge in [0, 0.05) is 5.56 Å². The Labute approximate surface area is 268 Å². The number of benzene rings is 1. The molecule has 246 valence electrons. The highest BCUT2D eigenvalue weighted by Crippen LogP contribution is 2.40. The van der Waals surface area contributed by atoms with Gasteiger partial charge in [0.05, 0.1) is 6.61 Å². The van der Waals surface area contributed by atoms with Crippen LogP contribution in [-0.4, -0.2) is 47.4 Å². The second-order valence-corrected chi connectivity index (χ2v) is 25.3. The zero-order valence-electron chi connectivity index (χ0n) is 29.9. The molecule has 0 saturated heterocycles. The maximum Gasteiger partial charge on any atom is 0.217 e. The van der Waals surface area contributed by atoms with Gasteiger partial charge in [-0.05, 0) is 67.3 Å². The third-order valence-electron chi connectivity index (χ3n) is 9.96. The van der Waals surface area contributed by atoms with Gasteiger partial charge in [-0.15, -0.1) is 0 Å². The van der Waals surface area contributed by atoms with E-state index in [-0.39, 0.29) is 28.3 Å². The Morgan fingerprint density at radius 1 is 0.767 bits per heavy atom. The predicted octanol–water partition coefficient (Wildman–Crippen LogP) is 11.5. The number of nitrogens with zero attached hydrogens (tertiary/aromatic N) is 1. The molecule has 4 nitrogen and oxygen atoms in total. The van der Waals surface area contributed by atoms with Gasteiger partial charge in [-0.2, -0.15) is 0 Å². The Kier molecular flexibility index (Phi) is 15.4. The summed E-state index contributed by atoms with van der Waals surface area (Å²) in [5.41, 5.74) is 1.01. The monoisotopic (exact) mass is 629 g/mol. The van der Waals surface area contributed by atoms with Crippen molar-refractivity contribution in [1.29, 1.82) is 0 Å². The van der Waals surface area contributed by atoms with Crippen LogP contribution in [-0.2, 0) is 13.6 Å². The van der Waals surface area contributed by atoms with E-state index in [2.05, 4.69) is 111 Å². The molecule has 0 amide bonds. The van der Waals surface area contributed by atoms with Gasteiger partial charge in [0.2, 0.25) is 5.90 Å². The lowest BCUT2D eigenvalue weighted by Crippen LogP contribution is -2.55. The van der Waals surface area contributed by atoms with E-state index in [4.69, 9.17) is 18.6 Å². The van der Waals surface area contributed by atoms with Gasteiger partial charge in [-0.25, -0.2) is 4.99 Å². The van der Waals surface area contributed by atoms with Gasteiger partial charge in [0.15, 0.2) is 16.6 Å². The first-order chi connectivity index (χ1) is 20.1. The Morgan fingerprint density at radius 2 is 1.30 bits per heavy atom. The highest BCUT2D eigenvalue weighted by Gasteiger charge is 2.46. The van der Waals surface area contributed by atoms with Crippen molar-refractivity contribution in [3.63, 3.8) is 0 Å². The second-order valence-electron chi connectivity index (χ2n) is 15.8. The molecule has 1 heterocycles. The van der Waals surface area contributed by atoms with Crippen LogP contribution in [0.3, 0.4) is 0 Å². The molecule has 3 atom stereocenters. The van der Waals surface area contributed by atoms with Crippen molar-refractivity contribution in [3.8, 4) is 0 Å². The summed E-state index contributed by atoms with van der Waals surface area (Å²) in [4.78, 5) is 5.20. The molecule has 1 aliphatic rings. The molecule has 0 N–H and O–H groups in total. The Bertz CT molecular complexity index is 976. The van der Waals surface area contributed by atoms with Crippen molar-refractivity contribution in [2.24, 2.45) is 4.99 Å². The van der Waals surface area contributed by atoms with Gasteiger partial charge in [0.1, 0.15) is 18.2 Å². The fourth-order valence-electron chi connectivity index (χ4n) is 4.83. The maximum atomic E-state index is 7.15. The Balaban J connectivity index is 2.19. The molecule has 1 aromatic rings. The molecule has 0 aromatic heterocycles. The molecule has 0 unspecified atom stereocenters. The Morgan fingerprint density at radius 3 is 1.84 bits per heavy atom. The second kappa shape index (κ2) is 17.5. The number of unbranched alkanes of at least 4 members (excludes halogenated alkanes) is 10. The van der Waals surface area contributed by atoms with E-state index < -0.39 is 16.6 Å². The maximum absolute atomic E-state index is 7.15. The number of aliphatic imine (C=N–C) groups is 1. The zero-order chi connectivity index (χ0) is 32.2. The van der Waals surface area contributed by atoms with Crippen LogP contribution in [0.1, 0.15) is 125 Å². The van der Waals surface area contributed by atoms with E-state index in [1.165, 1.54) is 64.2 Å². The van der Waals surface area contributed by atoms with Crippen molar-refractivity contribution in [1.82, 2.24) is 0 Å². The van der Waals surface area contributed by atoms with Gasteiger partial charge in [-0.1, -0.05) is 131 Å². The van der Waals surface area contributed by atoms with E-state index in [0.717, 1.165) is 12.0 Å². The fraction of sp³-hybridized carbons (Fsp3) is 0.757. The number of rotatable bonds is 18. The molecule has 0 aliphatic carbocycles. The summed E-state index contributed by atoms with van der Waals surface area (Å²) in [5.74, 6) is 0.702. The molecule has 2 rings (SSSR count). The van der Waals surface area contributed by atoms with Gasteiger partial charge >= 0.3 is 0 Å². The molecule has 1 aromatic carbocycles. The van der Waals surface area contributed by atoms with Crippen LogP contribution < -0.4 is 0 Å². The van der Waals surface area contributed by atoms with E-state index in [1.807, 2.05) is 6.07 Å². The first kappa shape index (κ1) is 38.0. The molecule has 6 heteroatoms. The average Bonchev–Trinajstić information content (AvgIpc) is 2.92. The topological polar surface area (TPSA) is 40.0 Å². The number of hydrogen-bond acceptors (Lipinski definition) is 4. The number of allylic oxidation sites excluding steroid dienone is 1. The summed E-state index contributed by atoms with van der Waals surface area (Å²) in [7, 11) is -4.07.